The number of nitrogens with zero attached hydrogens (tertiary/aromatic N) is 1. The molecule has 0 saturated carbocycles. The van der Waals surface area contributed by atoms with Gasteiger partial charge in [-0.05, 0) is 43.5 Å². The molecular weight excluding hydrogens is 262 g/mol. The van der Waals surface area contributed by atoms with Gasteiger partial charge in [0, 0.05) is 35.5 Å². The summed E-state index contributed by atoms with van der Waals surface area (Å²) in [5.74, 6) is -0.517. The van der Waals surface area contributed by atoms with Crippen molar-refractivity contribution in [2.45, 2.75) is 19.4 Å². The molecule has 0 aromatic carbocycles. The highest BCUT2D eigenvalue weighted by atomic mass is 32.1. The lowest BCUT2D eigenvalue weighted by atomic mass is 9.99. The lowest BCUT2D eigenvalue weighted by Gasteiger charge is -2.31. The van der Waals surface area contributed by atoms with Gasteiger partial charge in [0.2, 0.25) is 0 Å². The minimum atomic E-state index is -0.920. The predicted octanol–water partition coefficient (Wildman–Crippen LogP) is 2.05. The Hall–Kier alpha value is -1.17. The zero-order valence-corrected chi connectivity index (χ0v) is 11.6. The molecule has 4 nitrogen and oxygen atoms in total. The number of carboxylic acids is 1. The first kappa shape index (κ1) is 14.2. The highest BCUT2D eigenvalue weighted by Crippen LogP contribution is 2.23. The Balaban J connectivity index is 1.90. The first-order valence-corrected chi connectivity index (χ1v) is 7.32. The molecule has 0 radical (unpaired) electrons. The summed E-state index contributed by atoms with van der Waals surface area (Å²) in [6.07, 6.45) is 5.05. The third-order valence-corrected chi connectivity index (χ3v) is 4.35. The molecule has 1 saturated heterocycles. The van der Waals surface area contributed by atoms with Crippen molar-refractivity contribution in [1.82, 2.24) is 4.90 Å². The van der Waals surface area contributed by atoms with E-state index in [-0.39, 0.29) is 6.61 Å². The number of thiophene rings is 1. The van der Waals surface area contributed by atoms with Crippen LogP contribution in [0, 0.1) is 5.92 Å². The maximum atomic E-state index is 10.5. The molecule has 5 heteroatoms. The number of aliphatic hydroxyl groups excluding tert-OH is 1. The van der Waals surface area contributed by atoms with E-state index in [1.165, 1.54) is 4.88 Å². The number of likely N-dealkylation sites (tertiary alicyclic amines) is 1. The summed E-state index contributed by atoms with van der Waals surface area (Å²) < 4.78 is 0. The van der Waals surface area contributed by atoms with Crippen molar-refractivity contribution < 1.29 is 15.0 Å². The van der Waals surface area contributed by atoms with Gasteiger partial charge in [-0.25, -0.2) is 4.79 Å². The van der Waals surface area contributed by atoms with Crippen molar-refractivity contribution in [2.24, 2.45) is 5.92 Å². The number of carboxylic acid groups (broad SMARTS) is 1. The second-order valence-corrected chi connectivity index (χ2v) is 6.10. The quantitative estimate of drug-likeness (QED) is 0.811. The maximum absolute atomic E-state index is 10.5. The zero-order chi connectivity index (χ0) is 13.7. The molecule has 0 bridgehead atoms. The fourth-order valence-corrected chi connectivity index (χ4v) is 3.34. The van der Waals surface area contributed by atoms with Gasteiger partial charge in [-0.15, -0.1) is 11.3 Å². The number of carbonyl (C=O) groups is 1. The van der Waals surface area contributed by atoms with Crippen molar-refractivity contribution in [2.75, 3.05) is 19.7 Å². The third-order valence-electron chi connectivity index (χ3n) is 3.31. The summed E-state index contributed by atoms with van der Waals surface area (Å²) in [7, 11) is 0. The molecule has 2 heterocycles. The van der Waals surface area contributed by atoms with Crippen molar-refractivity contribution in [1.29, 1.82) is 0 Å². The second-order valence-electron chi connectivity index (χ2n) is 4.90. The Kier molecular flexibility index (Phi) is 5.13. The zero-order valence-electron chi connectivity index (χ0n) is 10.8. The number of aliphatic carboxylic acids is 1. The number of piperidine rings is 1. The van der Waals surface area contributed by atoms with Gasteiger partial charge in [-0.3, -0.25) is 4.90 Å². The largest absolute Gasteiger partial charge is 0.478 e. The smallest absolute Gasteiger partial charge is 0.328 e. The van der Waals surface area contributed by atoms with Crippen LogP contribution in [0.3, 0.4) is 0 Å². The van der Waals surface area contributed by atoms with Crippen LogP contribution in [0.4, 0.5) is 0 Å². The van der Waals surface area contributed by atoms with Crippen LogP contribution < -0.4 is 0 Å². The summed E-state index contributed by atoms with van der Waals surface area (Å²) in [5.41, 5.74) is 0. The van der Waals surface area contributed by atoms with Crippen molar-refractivity contribution in [3.8, 4) is 0 Å². The van der Waals surface area contributed by atoms with Gasteiger partial charge in [0.15, 0.2) is 0 Å². The van der Waals surface area contributed by atoms with Gasteiger partial charge in [0.1, 0.15) is 0 Å². The van der Waals surface area contributed by atoms with Gasteiger partial charge in [-0.1, -0.05) is 0 Å². The van der Waals surface area contributed by atoms with E-state index < -0.39 is 5.97 Å². The van der Waals surface area contributed by atoms with E-state index in [2.05, 4.69) is 11.0 Å². The third kappa shape index (κ3) is 4.45. The van der Waals surface area contributed by atoms with Gasteiger partial charge < -0.3 is 10.2 Å². The normalized spacial score (nSPS) is 21.0. The maximum Gasteiger partial charge on any atom is 0.328 e. The molecule has 19 heavy (non-hydrogen) atoms. The van der Waals surface area contributed by atoms with Crippen LogP contribution in [-0.4, -0.2) is 40.8 Å². The Labute approximate surface area is 117 Å². The first-order valence-electron chi connectivity index (χ1n) is 6.50. The minimum Gasteiger partial charge on any atom is -0.478 e. The minimum absolute atomic E-state index is 0.271. The van der Waals surface area contributed by atoms with Crippen LogP contribution in [0.1, 0.15) is 22.6 Å². The SMILES string of the molecule is O=C(O)C=Cc1ccc(CN2CCCC(CO)C2)s1. The lowest BCUT2D eigenvalue weighted by Crippen LogP contribution is -2.36. The highest BCUT2D eigenvalue weighted by molar-refractivity contribution is 7.12. The van der Waals surface area contributed by atoms with Crippen LogP contribution >= 0.6 is 11.3 Å². The molecule has 2 N–H and O–H groups in total. The molecule has 1 aromatic heterocycles. The number of hydrogen-bond acceptors (Lipinski definition) is 4. The molecule has 1 fully saturated rings. The fourth-order valence-electron chi connectivity index (χ4n) is 2.39. The Bertz CT molecular complexity index is 455. The summed E-state index contributed by atoms with van der Waals surface area (Å²) in [6, 6.07) is 4.00. The van der Waals surface area contributed by atoms with Gasteiger partial charge in [-0.2, -0.15) is 0 Å². The molecule has 0 aliphatic carbocycles. The van der Waals surface area contributed by atoms with E-state index in [0.717, 1.165) is 43.4 Å². The molecule has 2 rings (SSSR count). The van der Waals surface area contributed by atoms with Gasteiger partial charge in [0.25, 0.3) is 0 Å². The highest BCUT2D eigenvalue weighted by Gasteiger charge is 2.19. The number of rotatable bonds is 5. The van der Waals surface area contributed by atoms with Crippen LogP contribution in [0.5, 0.6) is 0 Å². The molecule has 104 valence electrons. The van der Waals surface area contributed by atoms with Crippen LogP contribution in [0.15, 0.2) is 18.2 Å². The van der Waals surface area contributed by atoms with E-state index in [1.807, 2.05) is 6.07 Å². The Morgan fingerprint density at radius 1 is 1.53 bits per heavy atom. The van der Waals surface area contributed by atoms with E-state index in [9.17, 15) is 9.90 Å². The lowest BCUT2D eigenvalue weighted by molar-refractivity contribution is -0.131. The summed E-state index contributed by atoms with van der Waals surface area (Å²) in [4.78, 5) is 15.0. The number of hydrogen-bond donors (Lipinski definition) is 2. The average molecular weight is 281 g/mol. The molecule has 1 aliphatic rings. The van der Waals surface area contributed by atoms with Crippen LogP contribution in [-0.2, 0) is 11.3 Å². The van der Waals surface area contributed by atoms with E-state index >= 15 is 0 Å². The summed E-state index contributed by atoms with van der Waals surface area (Å²) in [6.45, 7) is 3.19. The number of aliphatic hydroxyl groups is 1. The standard InChI is InChI=1S/C14H19NO3S/c16-10-11-2-1-7-15(8-11)9-13-4-3-12(19-13)5-6-14(17)18/h3-6,11,16H,1-2,7-10H2,(H,17,18). The predicted molar refractivity (Wildman–Crippen MR) is 76.1 cm³/mol. The Morgan fingerprint density at radius 2 is 2.37 bits per heavy atom. The first-order chi connectivity index (χ1) is 9.17. The van der Waals surface area contributed by atoms with E-state index in [0.29, 0.717) is 5.92 Å². The monoisotopic (exact) mass is 281 g/mol. The van der Waals surface area contributed by atoms with Crippen molar-refractivity contribution in [3.63, 3.8) is 0 Å². The molecule has 1 aliphatic heterocycles. The topological polar surface area (TPSA) is 60.8 Å². The fraction of sp³-hybridized carbons (Fsp3) is 0.500. The molecular formula is C14H19NO3S. The van der Waals surface area contributed by atoms with Crippen molar-refractivity contribution >= 4 is 23.4 Å². The van der Waals surface area contributed by atoms with Gasteiger partial charge in [0.05, 0.1) is 0 Å². The molecule has 0 spiro atoms. The van der Waals surface area contributed by atoms with Crippen LogP contribution in [0.25, 0.3) is 6.08 Å². The molecule has 1 unspecified atom stereocenters. The molecule has 1 aromatic rings. The Morgan fingerprint density at radius 3 is 3.11 bits per heavy atom. The van der Waals surface area contributed by atoms with Gasteiger partial charge >= 0.3 is 5.97 Å². The molecule has 1 atom stereocenters. The van der Waals surface area contributed by atoms with E-state index in [1.54, 1.807) is 17.4 Å². The van der Waals surface area contributed by atoms with E-state index in [4.69, 9.17) is 5.11 Å². The molecule has 0 amide bonds. The summed E-state index contributed by atoms with van der Waals surface area (Å²) in [5, 5.41) is 17.8. The summed E-state index contributed by atoms with van der Waals surface area (Å²) >= 11 is 1.62. The van der Waals surface area contributed by atoms with Crippen molar-refractivity contribution in [3.05, 3.63) is 28.0 Å². The average Bonchev–Trinajstić information content (AvgIpc) is 2.84. The second kappa shape index (κ2) is 6.84. The van der Waals surface area contributed by atoms with Crippen LogP contribution in [0.2, 0.25) is 0 Å².